The fourth-order valence-electron chi connectivity index (χ4n) is 3.62. The van der Waals surface area contributed by atoms with Crippen LogP contribution >= 0.6 is 24.8 Å². The number of morpholine rings is 1. The molecular weight excluding hydrogens is 295 g/mol. The van der Waals surface area contributed by atoms with Crippen LogP contribution in [-0.4, -0.2) is 39.4 Å². The van der Waals surface area contributed by atoms with Crippen LogP contribution < -0.4 is 10.2 Å². The molecule has 1 aromatic rings. The Kier molecular flexibility index (Phi) is 4.85. The number of hydrogen-bond acceptors (Lipinski definition) is 3. The van der Waals surface area contributed by atoms with Gasteiger partial charge in [-0.2, -0.15) is 0 Å². The first-order chi connectivity index (χ1) is 8.88. The Bertz CT molecular complexity index is 448. The molecule has 0 spiro atoms. The SMILES string of the molecule is Cl.Cl.c1cc([C@]23CNC[C@H]2C3)ccc1N1CCOCC1. The van der Waals surface area contributed by atoms with Crippen LogP contribution in [-0.2, 0) is 10.2 Å². The molecule has 2 heterocycles. The molecule has 2 atom stereocenters. The zero-order valence-electron chi connectivity index (χ0n) is 11.5. The van der Waals surface area contributed by atoms with E-state index in [2.05, 4.69) is 34.5 Å². The predicted octanol–water partition coefficient (Wildman–Crippen LogP) is 2.23. The van der Waals surface area contributed by atoms with Gasteiger partial charge in [0.05, 0.1) is 13.2 Å². The number of nitrogens with zero attached hydrogens (tertiary/aromatic N) is 1. The van der Waals surface area contributed by atoms with Gasteiger partial charge in [-0.1, -0.05) is 12.1 Å². The van der Waals surface area contributed by atoms with Crippen molar-refractivity contribution in [1.82, 2.24) is 5.32 Å². The standard InChI is InChI=1S/C15H20N2O.2ClH/c1-3-14(17-5-7-18-8-6-17)4-2-12(1)15-9-13(15)10-16-11-15;;/h1-4,13,16H,5-11H2;2*1H/t13-,15+;;/m1../s1. The van der Waals surface area contributed by atoms with Gasteiger partial charge in [-0.25, -0.2) is 0 Å². The highest BCUT2D eigenvalue weighted by molar-refractivity contribution is 5.85. The Labute approximate surface area is 132 Å². The Morgan fingerprint density at radius 1 is 1.10 bits per heavy atom. The van der Waals surface area contributed by atoms with E-state index in [1.54, 1.807) is 0 Å². The van der Waals surface area contributed by atoms with E-state index in [0.717, 1.165) is 32.2 Å². The van der Waals surface area contributed by atoms with Gasteiger partial charge in [0.1, 0.15) is 0 Å². The second kappa shape index (κ2) is 6.10. The molecule has 112 valence electrons. The van der Waals surface area contributed by atoms with Crippen LogP contribution in [0.5, 0.6) is 0 Å². The summed E-state index contributed by atoms with van der Waals surface area (Å²) in [7, 11) is 0. The molecule has 0 radical (unpaired) electrons. The van der Waals surface area contributed by atoms with Crippen molar-refractivity contribution < 1.29 is 4.74 Å². The maximum absolute atomic E-state index is 5.40. The number of fused-ring (bicyclic) bond motifs is 1. The van der Waals surface area contributed by atoms with E-state index >= 15 is 0 Å². The van der Waals surface area contributed by atoms with Crippen molar-refractivity contribution in [2.24, 2.45) is 5.92 Å². The third kappa shape index (κ3) is 2.52. The number of benzene rings is 1. The van der Waals surface area contributed by atoms with Crippen molar-refractivity contribution in [2.45, 2.75) is 11.8 Å². The molecule has 0 bridgehead atoms. The number of rotatable bonds is 2. The molecule has 3 aliphatic rings. The van der Waals surface area contributed by atoms with Crippen LogP contribution in [0, 0.1) is 5.92 Å². The summed E-state index contributed by atoms with van der Waals surface area (Å²) in [5.41, 5.74) is 3.37. The van der Waals surface area contributed by atoms with Gasteiger partial charge in [0.15, 0.2) is 0 Å². The molecule has 2 aliphatic heterocycles. The first-order valence-corrected chi connectivity index (χ1v) is 7.02. The van der Waals surface area contributed by atoms with Crippen molar-refractivity contribution in [3.05, 3.63) is 29.8 Å². The van der Waals surface area contributed by atoms with Gasteiger partial charge in [0, 0.05) is 30.7 Å². The van der Waals surface area contributed by atoms with Crippen LogP contribution in [0.2, 0.25) is 0 Å². The molecule has 5 heteroatoms. The topological polar surface area (TPSA) is 24.5 Å². The molecule has 1 aromatic carbocycles. The molecule has 3 fully saturated rings. The molecule has 3 nitrogen and oxygen atoms in total. The number of piperidine rings is 1. The molecule has 4 rings (SSSR count). The largest absolute Gasteiger partial charge is 0.378 e. The highest BCUT2D eigenvalue weighted by Gasteiger charge is 2.57. The van der Waals surface area contributed by atoms with Gasteiger partial charge in [0.2, 0.25) is 0 Å². The lowest BCUT2D eigenvalue weighted by atomic mass is 9.95. The van der Waals surface area contributed by atoms with Gasteiger partial charge < -0.3 is 15.0 Å². The van der Waals surface area contributed by atoms with Crippen molar-refractivity contribution >= 4 is 30.5 Å². The van der Waals surface area contributed by atoms with Crippen LogP contribution in [0.3, 0.4) is 0 Å². The maximum atomic E-state index is 5.40. The third-order valence-electron chi connectivity index (χ3n) is 4.88. The van der Waals surface area contributed by atoms with Gasteiger partial charge in [-0.15, -0.1) is 24.8 Å². The van der Waals surface area contributed by atoms with E-state index in [-0.39, 0.29) is 24.8 Å². The van der Waals surface area contributed by atoms with Crippen molar-refractivity contribution in [2.75, 3.05) is 44.3 Å². The van der Waals surface area contributed by atoms with E-state index in [1.165, 1.54) is 30.8 Å². The highest BCUT2D eigenvalue weighted by atomic mass is 35.5. The Balaban J connectivity index is 0.000000735. The summed E-state index contributed by atoms with van der Waals surface area (Å²) >= 11 is 0. The zero-order valence-corrected chi connectivity index (χ0v) is 13.1. The number of halogens is 2. The smallest absolute Gasteiger partial charge is 0.0642 e. The second-order valence-electron chi connectivity index (χ2n) is 5.83. The molecule has 1 saturated carbocycles. The lowest BCUT2D eigenvalue weighted by Crippen LogP contribution is -2.36. The number of nitrogens with one attached hydrogen (secondary N) is 1. The summed E-state index contributed by atoms with van der Waals surface area (Å²) in [6.45, 7) is 6.15. The van der Waals surface area contributed by atoms with Crippen molar-refractivity contribution in [1.29, 1.82) is 0 Å². The summed E-state index contributed by atoms with van der Waals surface area (Å²) in [5, 5.41) is 3.51. The first kappa shape index (κ1) is 15.9. The molecule has 0 amide bonds. The summed E-state index contributed by atoms with van der Waals surface area (Å²) in [4.78, 5) is 2.42. The van der Waals surface area contributed by atoms with Gasteiger partial charge in [-0.05, 0) is 36.6 Å². The van der Waals surface area contributed by atoms with E-state index in [9.17, 15) is 0 Å². The average molecular weight is 317 g/mol. The predicted molar refractivity (Wildman–Crippen MR) is 86.6 cm³/mol. The van der Waals surface area contributed by atoms with Gasteiger partial charge >= 0.3 is 0 Å². The zero-order chi connectivity index (χ0) is 12.0. The Morgan fingerprint density at radius 2 is 1.80 bits per heavy atom. The average Bonchev–Trinajstić information content (AvgIpc) is 3.02. The maximum Gasteiger partial charge on any atom is 0.0642 e. The minimum absolute atomic E-state index is 0. The van der Waals surface area contributed by atoms with Crippen LogP contribution in [0.4, 0.5) is 5.69 Å². The van der Waals surface area contributed by atoms with Crippen LogP contribution in [0.15, 0.2) is 24.3 Å². The van der Waals surface area contributed by atoms with E-state index in [4.69, 9.17) is 4.74 Å². The summed E-state index contributed by atoms with van der Waals surface area (Å²) in [6, 6.07) is 9.28. The third-order valence-corrected chi connectivity index (χ3v) is 4.88. The van der Waals surface area contributed by atoms with Gasteiger partial charge in [-0.3, -0.25) is 0 Å². The monoisotopic (exact) mass is 316 g/mol. The van der Waals surface area contributed by atoms with E-state index in [1.807, 2.05) is 0 Å². The number of ether oxygens (including phenoxy) is 1. The van der Waals surface area contributed by atoms with Crippen molar-refractivity contribution in [3.8, 4) is 0 Å². The molecule has 1 aliphatic carbocycles. The minimum Gasteiger partial charge on any atom is -0.378 e. The molecule has 2 saturated heterocycles. The highest BCUT2D eigenvalue weighted by Crippen LogP contribution is 2.56. The van der Waals surface area contributed by atoms with Crippen molar-refractivity contribution in [3.63, 3.8) is 0 Å². The quantitative estimate of drug-likeness (QED) is 0.905. The summed E-state index contributed by atoms with van der Waals surface area (Å²) in [6.07, 6.45) is 1.39. The van der Waals surface area contributed by atoms with Crippen LogP contribution in [0.1, 0.15) is 12.0 Å². The van der Waals surface area contributed by atoms with E-state index in [0.29, 0.717) is 5.41 Å². The Morgan fingerprint density at radius 3 is 2.35 bits per heavy atom. The molecular formula is C15H22Cl2N2O. The fourth-order valence-corrected chi connectivity index (χ4v) is 3.62. The lowest BCUT2D eigenvalue weighted by molar-refractivity contribution is 0.122. The lowest BCUT2D eigenvalue weighted by Gasteiger charge is -2.29. The molecule has 20 heavy (non-hydrogen) atoms. The van der Waals surface area contributed by atoms with Crippen LogP contribution in [0.25, 0.3) is 0 Å². The first-order valence-electron chi connectivity index (χ1n) is 7.02. The Hall–Kier alpha value is -0.480. The normalized spacial score (nSPS) is 31.0. The summed E-state index contributed by atoms with van der Waals surface area (Å²) in [5.74, 6) is 0.895. The van der Waals surface area contributed by atoms with E-state index < -0.39 is 0 Å². The van der Waals surface area contributed by atoms with Gasteiger partial charge in [0.25, 0.3) is 0 Å². The second-order valence-corrected chi connectivity index (χ2v) is 5.83. The number of hydrogen-bond donors (Lipinski definition) is 1. The summed E-state index contributed by atoms with van der Waals surface area (Å²) < 4.78 is 5.40. The molecule has 1 N–H and O–H groups in total. The molecule has 0 aromatic heterocycles. The fraction of sp³-hybridized carbons (Fsp3) is 0.600. The molecule has 0 unspecified atom stereocenters. The number of anilines is 1. The minimum atomic E-state index is 0.